The van der Waals surface area contributed by atoms with Crippen LogP contribution in [0.25, 0.3) is 0 Å². The van der Waals surface area contributed by atoms with Gasteiger partial charge < -0.3 is 10.1 Å². The molecule has 0 fully saturated rings. The normalized spacial score (nSPS) is 11.8. The number of carbonyl (C=O) groups is 2. The number of carbonyl (C=O) groups excluding carboxylic acids is 2. The predicted octanol–water partition coefficient (Wildman–Crippen LogP) is 2.99. The van der Waals surface area contributed by atoms with E-state index in [1.807, 2.05) is 30.3 Å². The second-order valence-electron chi connectivity index (χ2n) is 6.02. The van der Waals surface area contributed by atoms with Crippen molar-refractivity contribution in [3.63, 3.8) is 0 Å². The molecule has 0 unspecified atom stereocenters. The third kappa shape index (κ3) is 6.57. The average molecular weight is 375 g/mol. The van der Waals surface area contributed by atoms with Crippen LogP contribution in [0.3, 0.4) is 0 Å². The van der Waals surface area contributed by atoms with Crippen LogP contribution in [0.4, 0.5) is 5.13 Å². The first-order valence-corrected chi connectivity index (χ1v) is 9.53. The number of rotatable bonds is 9. The van der Waals surface area contributed by atoms with Crippen molar-refractivity contribution in [3.8, 4) is 0 Å². The molecule has 1 aromatic carbocycles. The lowest BCUT2D eigenvalue weighted by Crippen LogP contribution is -2.43. The van der Waals surface area contributed by atoms with Crippen molar-refractivity contribution in [1.29, 1.82) is 0 Å². The van der Waals surface area contributed by atoms with Crippen molar-refractivity contribution < 1.29 is 14.3 Å². The van der Waals surface area contributed by atoms with Crippen molar-refractivity contribution in [1.82, 2.24) is 10.3 Å². The van der Waals surface area contributed by atoms with E-state index in [1.54, 1.807) is 13.3 Å². The molecule has 0 bridgehead atoms. The van der Waals surface area contributed by atoms with Crippen LogP contribution in [-0.2, 0) is 20.7 Å². The van der Waals surface area contributed by atoms with Gasteiger partial charge >= 0.3 is 11.8 Å². The lowest BCUT2D eigenvalue weighted by molar-refractivity contribution is -0.136. The Hall–Kier alpha value is -2.25. The second kappa shape index (κ2) is 10.7. The molecule has 140 valence electrons. The largest absolute Gasteiger partial charge is 0.383 e. The van der Waals surface area contributed by atoms with E-state index in [9.17, 15) is 9.59 Å². The summed E-state index contributed by atoms with van der Waals surface area (Å²) in [6.07, 6.45) is 5.23. The molecule has 1 aromatic heterocycles. The monoisotopic (exact) mass is 375 g/mol. The van der Waals surface area contributed by atoms with E-state index in [0.29, 0.717) is 11.7 Å². The number of methoxy groups -OCH3 is 1. The minimum Gasteiger partial charge on any atom is -0.383 e. The maximum Gasteiger partial charge on any atom is 0.315 e. The van der Waals surface area contributed by atoms with Gasteiger partial charge in [-0.05, 0) is 12.0 Å². The number of aromatic nitrogens is 1. The number of hydrogen-bond acceptors (Lipinski definition) is 5. The first-order valence-electron chi connectivity index (χ1n) is 8.71. The fraction of sp³-hybridized carbons (Fsp3) is 0.421. The number of hydrogen-bond donors (Lipinski definition) is 2. The Kier molecular flexibility index (Phi) is 8.24. The first-order chi connectivity index (χ1) is 12.6. The summed E-state index contributed by atoms with van der Waals surface area (Å²) in [5, 5.41) is 5.71. The molecule has 0 radical (unpaired) electrons. The number of thiazole rings is 1. The van der Waals surface area contributed by atoms with Crippen LogP contribution in [-0.4, -0.2) is 36.6 Å². The molecule has 0 spiro atoms. The van der Waals surface area contributed by atoms with E-state index in [1.165, 1.54) is 16.9 Å². The lowest BCUT2D eigenvalue weighted by Gasteiger charge is -2.16. The van der Waals surface area contributed by atoms with E-state index < -0.39 is 11.8 Å². The van der Waals surface area contributed by atoms with Gasteiger partial charge in [0.15, 0.2) is 5.13 Å². The van der Waals surface area contributed by atoms with E-state index in [4.69, 9.17) is 4.74 Å². The highest BCUT2D eigenvalue weighted by molar-refractivity contribution is 7.15. The molecule has 2 amide bonds. The van der Waals surface area contributed by atoms with Gasteiger partial charge in [-0.2, -0.15) is 0 Å². The van der Waals surface area contributed by atoms with Gasteiger partial charge in [-0.3, -0.25) is 14.9 Å². The van der Waals surface area contributed by atoms with Crippen LogP contribution in [0.1, 0.15) is 36.6 Å². The van der Waals surface area contributed by atoms with Gasteiger partial charge in [0.25, 0.3) is 0 Å². The third-order valence-corrected chi connectivity index (χ3v) is 4.72. The smallest absolute Gasteiger partial charge is 0.315 e. The van der Waals surface area contributed by atoms with E-state index >= 15 is 0 Å². The zero-order valence-electron chi connectivity index (χ0n) is 15.2. The predicted molar refractivity (Wildman–Crippen MR) is 103 cm³/mol. The molecule has 7 heteroatoms. The summed E-state index contributed by atoms with van der Waals surface area (Å²) in [7, 11) is 1.58. The summed E-state index contributed by atoms with van der Waals surface area (Å²) < 4.78 is 5.10. The minimum absolute atomic E-state index is 0.164. The number of amides is 2. The first kappa shape index (κ1) is 20.1. The van der Waals surface area contributed by atoms with E-state index in [0.717, 1.165) is 30.6 Å². The molecule has 0 saturated heterocycles. The van der Waals surface area contributed by atoms with E-state index in [2.05, 4.69) is 22.5 Å². The molecule has 0 aliphatic rings. The molecule has 2 rings (SSSR count). The van der Waals surface area contributed by atoms with Crippen molar-refractivity contribution >= 4 is 28.3 Å². The molecular weight excluding hydrogens is 350 g/mol. The summed E-state index contributed by atoms with van der Waals surface area (Å²) in [4.78, 5) is 29.4. The Morgan fingerprint density at radius 2 is 2.00 bits per heavy atom. The van der Waals surface area contributed by atoms with Crippen molar-refractivity contribution in [2.45, 2.75) is 38.6 Å². The number of nitrogens with one attached hydrogen (secondary N) is 2. The zero-order chi connectivity index (χ0) is 18.8. The highest BCUT2D eigenvalue weighted by Gasteiger charge is 2.19. The summed E-state index contributed by atoms with van der Waals surface area (Å²) in [5.74, 6) is -1.37. The van der Waals surface area contributed by atoms with E-state index in [-0.39, 0.29) is 6.04 Å². The Labute approximate surface area is 158 Å². The van der Waals surface area contributed by atoms with Crippen molar-refractivity contribution in [2.75, 3.05) is 19.0 Å². The average Bonchev–Trinajstić information content (AvgIpc) is 3.07. The molecule has 0 saturated carbocycles. The van der Waals surface area contributed by atoms with Gasteiger partial charge in [0.05, 0.1) is 12.6 Å². The number of ether oxygens (including phenoxy) is 1. The van der Waals surface area contributed by atoms with Gasteiger partial charge in [0.1, 0.15) is 0 Å². The van der Waals surface area contributed by atoms with Gasteiger partial charge in [0, 0.05) is 24.6 Å². The quantitative estimate of drug-likeness (QED) is 0.660. The zero-order valence-corrected chi connectivity index (χ0v) is 16.0. The summed E-state index contributed by atoms with van der Waals surface area (Å²) >= 11 is 1.37. The Bertz CT molecular complexity index is 703. The number of nitrogens with zero attached hydrogens (tertiary/aromatic N) is 1. The van der Waals surface area contributed by atoms with Crippen LogP contribution in [0.15, 0.2) is 36.5 Å². The molecule has 1 heterocycles. The van der Waals surface area contributed by atoms with Gasteiger partial charge in [-0.15, -0.1) is 11.3 Å². The summed E-state index contributed by atoms with van der Waals surface area (Å²) in [5.41, 5.74) is 1.17. The number of benzene rings is 1. The fourth-order valence-electron chi connectivity index (χ4n) is 2.50. The highest BCUT2D eigenvalue weighted by atomic mass is 32.1. The van der Waals surface area contributed by atoms with Gasteiger partial charge in [-0.25, -0.2) is 4.98 Å². The van der Waals surface area contributed by atoms with Crippen LogP contribution in [0.2, 0.25) is 0 Å². The maximum absolute atomic E-state index is 12.1. The van der Waals surface area contributed by atoms with Crippen molar-refractivity contribution in [2.24, 2.45) is 0 Å². The molecule has 0 aliphatic heterocycles. The van der Waals surface area contributed by atoms with Crippen LogP contribution in [0.5, 0.6) is 0 Å². The van der Waals surface area contributed by atoms with Crippen LogP contribution < -0.4 is 10.6 Å². The molecule has 1 atom stereocenters. The molecule has 26 heavy (non-hydrogen) atoms. The van der Waals surface area contributed by atoms with Crippen LogP contribution >= 0.6 is 11.3 Å². The van der Waals surface area contributed by atoms with Crippen molar-refractivity contribution in [3.05, 3.63) is 47.0 Å². The molecular formula is C19H25N3O3S. The fourth-order valence-corrected chi connectivity index (χ4v) is 3.34. The Balaban J connectivity index is 1.87. The lowest BCUT2D eigenvalue weighted by atomic mass is 10.1. The molecule has 2 aromatic rings. The molecule has 0 aliphatic carbocycles. The number of unbranched alkanes of at least 4 members (excludes halogenated alkanes) is 1. The molecule has 2 N–H and O–H groups in total. The summed E-state index contributed by atoms with van der Waals surface area (Å²) in [6, 6.07) is 9.85. The topological polar surface area (TPSA) is 80.3 Å². The Morgan fingerprint density at radius 3 is 2.69 bits per heavy atom. The number of anilines is 1. The second-order valence-corrected chi connectivity index (χ2v) is 7.13. The molecule has 6 nitrogen and oxygen atoms in total. The highest BCUT2D eigenvalue weighted by Crippen LogP contribution is 2.21. The third-order valence-electron chi connectivity index (χ3n) is 3.81. The van der Waals surface area contributed by atoms with Gasteiger partial charge in [-0.1, -0.05) is 50.1 Å². The minimum atomic E-state index is -0.705. The maximum atomic E-state index is 12.1. The van der Waals surface area contributed by atoms with Gasteiger partial charge in [0.2, 0.25) is 0 Å². The standard InChI is InChI=1S/C19H25N3O3S/c1-3-4-10-15(13-25-2)21-17(23)18(24)22-19-20-12-16(26-19)11-14-8-6-5-7-9-14/h5-9,12,15H,3-4,10-11,13H2,1-2H3,(H,21,23)(H,20,22,24)/t15-/m0/s1. The summed E-state index contributed by atoms with van der Waals surface area (Å²) in [6.45, 7) is 2.46. The van der Waals surface area contributed by atoms with Crippen LogP contribution in [0, 0.1) is 0 Å². The Morgan fingerprint density at radius 1 is 1.23 bits per heavy atom. The SMILES string of the molecule is CCCC[C@@H](COC)NC(=O)C(=O)Nc1ncc(Cc2ccccc2)s1.